The van der Waals surface area contributed by atoms with Gasteiger partial charge in [0.2, 0.25) is 0 Å². The third-order valence-electron chi connectivity index (χ3n) is 0.759. The molecule has 0 spiro atoms. The Morgan fingerprint density at radius 3 is 1.38 bits per heavy atom. The molecular formula is C4H8N2O2. The molecule has 0 aliphatic heterocycles. The Bertz CT molecular complexity index is 82.0. The molecule has 0 radical (unpaired) electrons. The largest absolute Gasteiger partial charge is 0.320 e. The molecule has 0 rings (SSSR count). The Morgan fingerprint density at radius 1 is 1.00 bits per heavy atom. The minimum atomic E-state index is -0.854. The van der Waals surface area contributed by atoms with Crippen molar-refractivity contribution in [2.45, 2.75) is 12.1 Å². The van der Waals surface area contributed by atoms with E-state index < -0.39 is 12.1 Å². The molecule has 4 heteroatoms. The highest BCUT2D eigenvalue weighted by atomic mass is 16.1. The van der Waals surface area contributed by atoms with E-state index in [-0.39, 0.29) is 0 Å². The quantitative estimate of drug-likeness (QED) is 0.419. The summed E-state index contributed by atoms with van der Waals surface area (Å²) in [7, 11) is 0. The van der Waals surface area contributed by atoms with Crippen molar-refractivity contribution in [3.05, 3.63) is 0 Å². The van der Waals surface area contributed by atoms with Crippen LogP contribution in [0.25, 0.3) is 0 Å². The molecule has 0 fully saturated rings. The summed E-state index contributed by atoms with van der Waals surface area (Å²) in [6, 6.07) is -1.71. The van der Waals surface area contributed by atoms with Gasteiger partial charge in [0, 0.05) is 0 Å². The molecular weight excluding hydrogens is 108 g/mol. The topological polar surface area (TPSA) is 86.2 Å². The molecule has 0 aromatic carbocycles. The van der Waals surface area contributed by atoms with E-state index in [1.165, 1.54) is 0 Å². The van der Waals surface area contributed by atoms with Gasteiger partial charge in [-0.25, -0.2) is 0 Å². The summed E-state index contributed by atoms with van der Waals surface area (Å²) in [6.45, 7) is 0. The standard InChI is InChI=1S/C4H8N2O2/c5-3(1-7)4(6)2-8/h1-4H,5-6H2. The lowest BCUT2D eigenvalue weighted by molar-refractivity contribution is -0.114. The lowest BCUT2D eigenvalue weighted by atomic mass is 10.2. The average molecular weight is 116 g/mol. The van der Waals surface area contributed by atoms with Gasteiger partial charge in [-0.05, 0) is 0 Å². The Labute approximate surface area is 46.8 Å². The highest BCUT2D eigenvalue weighted by molar-refractivity contribution is 5.70. The van der Waals surface area contributed by atoms with Crippen LogP contribution in [-0.2, 0) is 9.59 Å². The summed E-state index contributed by atoms with van der Waals surface area (Å²) in [5.41, 5.74) is 10.0. The minimum Gasteiger partial charge on any atom is -0.320 e. The van der Waals surface area contributed by atoms with Crippen molar-refractivity contribution < 1.29 is 9.59 Å². The first-order chi connectivity index (χ1) is 3.72. The summed E-state index contributed by atoms with van der Waals surface area (Å²) in [5.74, 6) is 0. The Balaban J connectivity index is 3.60. The van der Waals surface area contributed by atoms with Gasteiger partial charge in [-0.3, -0.25) is 0 Å². The first-order valence-electron chi connectivity index (χ1n) is 2.14. The van der Waals surface area contributed by atoms with Gasteiger partial charge < -0.3 is 21.1 Å². The monoisotopic (exact) mass is 116 g/mol. The lowest BCUT2D eigenvalue weighted by Crippen LogP contribution is -2.43. The molecule has 0 bridgehead atoms. The molecule has 0 aromatic heterocycles. The fourth-order valence-electron chi connectivity index (χ4n) is 0.181. The maximum atomic E-state index is 9.74. The molecule has 0 saturated carbocycles. The number of carbonyl (C=O) groups is 2. The van der Waals surface area contributed by atoms with Gasteiger partial charge >= 0.3 is 0 Å². The third kappa shape index (κ3) is 1.81. The van der Waals surface area contributed by atoms with E-state index in [9.17, 15) is 9.59 Å². The second-order valence-electron chi connectivity index (χ2n) is 1.43. The van der Waals surface area contributed by atoms with Crippen LogP contribution in [0.3, 0.4) is 0 Å². The molecule has 0 aliphatic carbocycles. The molecule has 4 nitrogen and oxygen atoms in total. The number of carbonyl (C=O) groups excluding carboxylic acids is 2. The average Bonchev–Trinajstić information content (AvgIpc) is 1.84. The number of hydrogen-bond donors (Lipinski definition) is 2. The molecule has 4 N–H and O–H groups in total. The first kappa shape index (κ1) is 7.26. The van der Waals surface area contributed by atoms with Crippen LogP contribution in [0.4, 0.5) is 0 Å². The van der Waals surface area contributed by atoms with Crippen LogP contribution in [-0.4, -0.2) is 24.7 Å². The van der Waals surface area contributed by atoms with Gasteiger partial charge in [-0.15, -0.1) is 0 Å². The summed E-state index contributed by atoms with van der Waals surface area (Å²) >= 11 is 0. The first-order valence-corrected chi connectivity index (χ1v) is 2.14. The van der Waals surface area contributed by atoms with Crippen LogP contribution in [0, 0.1) is 0 Å². The molecule has 0 aliphatic rings. The van der Waals surface area contributed by atoms with Crippen molar-refractivity contribution in [2.24, 2.45) is 11.5 Å². The van der Waals surface area contributed by atoms with Crippen molar-refractivity contribution >= 4 is 12.6 Å². The predicted octanol–water partition coefficient (Wildman–Crippen LogP) is -1.96. The van der Waals surface area contributed by atoms with Gasteiger partial charge in [0.15, 0.2) is 0 Å². The Kier molecular flexibility index (Phi) is 2.98. The normalized spacial score (nSPS) is 16.8. The molecule has 2 atom stereocenters. The maximum Gasteiger partial charge on any atom is 0.138 e. The summed E-state index contributed by atoms with van der Waals surface area (Å²) in [4.78, 5) is 19.5. The van der Waals surface area contributed by atoms with Gasteiger partial charge in [0.25, 0.3) is 0 Å². The second kappa shape index (κ2) is 3.29. The summed E-state index contributed by atoms with van der Waals surface area (Å²) in [5, 5.41) is 0. The van der Waals surface area contributed by atoms with Gasteiger partial charge in [-0.2, -0.15) is 0 Å². The van der Waals surface area contributed by atoms with E-state index in [0.717, 1.165) is 0 Å². The third-order valence-corrected chi connectivity index (χ3v) is 0.759. The van der Waals surface area contributed by atoms with Gasteiger partial charge in [-0.1, -0.05) is 0 Å². The van der Waals surface area contributed by atoms with E-state index in [2.05, 4.69) is 0 Å². The zero-order valence-electron chi connectivity index (χ0n) is 4.28. The number of rotatable bonds is 3. The number of aldehydes is 2. The van der Waals surface area contributed by atoms with Crippen molar-refractivity contribution in [2.75, 3.05) is 0 Å². The van der Waals surface area contributed by atoms with Crippen LogP contribution in [0.15, 0.2) is 0 Å². The zero-order valence-corrected chi connectivity index (χ0v) is 4.28. The Hall–Kier alpha value is -0.740. The fraction of sp³-hybridized carbons (Fsp3) is 0.500. The summed E-state index contributed by atoms with van der Waals surface area (Å²) < 4.78 is 0. The van der Waals surface area contributed by atoms with Gasteiger partial charge in [0.1, 0.15) is 12.6 Å². The van der Waals surface area contributed by atoms with Gasteiger partial charge in [0.05, 0.1) is 12.1 Å². The van der Waals surface area contributed by atoms with E-state index in [4.69, 9.17) is 11.5 Å². The highest BCUT2D eigenvalue weighted by Gasteiger charge is 2.08. The molecule has 46 valence electrons. The zero-order chi connectivity index (χ0) is 6.57. The van der Waals surface area contributed by atoms with Crippen LogP contribution >= 0.6 is 0 Å². The van der Waals surface area contributed by atoms with Crippen molar-refractivity contribution in [1.82, 2.24) is 0 Å². The number of hydrogen-bond acceptors (Lipinski definition) is 4. The summed E-state index contributed by atoms with van der Waals surface area (Å²) in [6.07, 6.45) is 0.887. The second-order valence-corrected chi connectivity index (χ2v) is 1.43. The lowest BCUT2D eigenvalue weighted by Gasteiger charge is -2.03. The predicted molar refractivity (Wildman–Crippen MR) is 28.1 cm³/mol. The highest BCUT2D eigenvalue weighted by Crippen LogP contribution is 1.73. The molecule has 2 unspecified atom stereocenters. The Morgan fingerprint density at radius 2 is 1.25 bits per heavy atom. The maximum absolute atomic E-state index is 9.74. The van der Waals surface area contributed by atoms with Crippen LogP contribution in [0.2, 0.25) is 0 Å². The fourth-order valence-corrected chi connectivity index (χ4v) is 0.181. The minimum absolute atomic E-state index is 0.444. The van der Waals surface area contributed by atoms with E-state index in [1.807, 2.05) is 0 Å². The molecule has 0 aromatic rings. The van der Waals surface area contributed by atoms with E-state index >= 15 is 0 Å². The van der Waals surface area contributed by atoms with Crippen molar-refractivity contribution in [3.8, 4) is 0 Å². The smallest absolute Gasteiger partial charge is 0.138 e. The van der Waals surface area contributed by atoms with Crippen LogP contribution in [0.5, 0.6) is 0 Å². The molecule has 0 amide bonds. The van der Waals surface area contributed by atoms with E-state index in [0.29, 0.717) is 12.6 Å². The SMILES string of the molecule is NC(C=O)C(N)C=O. The molecule has 0 heterocycles. The van der Waals surface area contributed by atoms with Crippen molar-refractivity contribution in [3.63, 3.8) is 0 Å². The molecule has 8 heavy (non-hydrogen) atoms. The number of nitrogens with two attached hydrogens (primary N) is 2. The van der Waals surface area contributed by atoms with Crippen LogP contribution < -0.4 is 11.5 Å². The van der Waals surface area contributed by atoms with Crippen molar-refractivity contribution in [1.29, 1.82) is 0 Å². The van der Waals surface area contributed by atoms with E-state index in [1.54, 1.807) is 0 Å². The van der Waals surface area contributed by atoms with Crippen LogP contribution in [0.1, 0.15) is 0 Å². The molecule has 0 saturated heterocycles.